The molecular weight excluding hydrogens is 888 g/mol. The molecule has 2 fully saturated rings. The number of aromatic nitrogens is 8. The van der Waals surface area contributed by atoms with E-state index in [1.807, 2.05) is 0 Å². The van der Waals surface area contributed by atoms with Crippen LogP contribution in [0.1, 0.15) is 12.5 Å². The first-order valence-electron chi connectivity index (χ1n) is 15.0. The van der Waals surface area contributed by atoms with Crippen LogP contribution in [0.15, 0.2) is 25.3 Å². The Morgan fingerprint density at radius 1 is 0.667 bits per heavy atom. The van der Waals surface area contributed by atoms with Crippen LogP contribution in [0.25, 0.3) is 22.3 Å². The minimum absolute atomic E-state index is 0.00868. The number of nitrogens with two attached hydrogens (primary N) is 2. The van der Waals surface area contributed by atoms with Crippen molar-refractivity contribution in [1.29, 1.82) is 0 Å². The normalized spacial score (nSPS) is 28.2. The topological polar surface area (TPSA) is 477 Å². The molecule has 57 heavy (non-hydrogen) atoms. The summed E-state index contributed by atoms with van der Waals surface area (Å²) in [7, 11) is -28.0. The van der Waals surface area contributed by atoms with Gasteiger partial charge in [0.25, 0.3) is 0 Å². The van der Waals surface area contributed by atoms with Crippen molar-refractivity contribution < 1.29 is 102 Å². The van der Waals surface area contributed by atoms with Gasteiger partial charge in [-0.1, -0.05) is 0 Å². The van der Waals surface area contributed by atoms with Crippen LogP contribution in [0, 0.1) is 0 Å². The van der Waals surface area contributed by atoms with Gasteiger partial charge in [-0.05, 0) is 0 Å². The molecule has 2 aliphatic rings. The lowest BCUT2D eigenvalue weighted by Crippen LogP contribution is -2.38. The molecule has 6 heterocycles. The van der Waals surface area contributed by atoms with Crippen LogP contribution in [0.4, 0.5) is 11.6 Å². The number of anilines is 2. The molecule has 0 aliphatic carbocycles. The highest BCUT2D eigenvalue weighted by molar-refractivity contribution is 7.85. The maximum atomic E-state index is 13.4. The molecule has 4 aromatic rings. The minimum Gasteiger partial charge on any atom is -0.386 e. The monoisotopic (exact) mass is 916 g/mol. The second-order valence-electron chi connectivity index (χ2n) is 11.5. The summed E-state index contributed by atoms with van der Waals surface area (Å²) in [4.78, 5) is 82.6. The van der Waals surface area contributed by atoms with Gasteiger partial charge in [-0.25, -0.2) is 48.2 Å². The fraction of sp³-hybridized carbons (Fsp3) is 0.500. The summed E-state index contributed by atoms with van der Waals surface area (Å²) < 4.78 is 122. The minimum atomic E-state index is -5.66. The van der Waals surface area contributed by atoms with Crippen LogP contribution in [0.3, 0.4) is 0 Å². The van der Waals surface area contributed by atoms with Gasteiger partial charge in [-0.3, -0.25) is 36.3 Å². The molecule has 316 valence electrons. The maximum absolute atomic E-state index is 13.4. The van der Waals surface area contributed by atoms with Crippen LogP contribution in [-0.4, -0.2) is 136 Å². The predicted molar refractivity (Wildman–Crippen MR) is 176 cm³/mol. The molecule has 10 atom stereocenters. The molecule has 0 bridgehead atoms. The van der Waals surface area contributed by atoms with E-state index >= 15 is 0 Å². The lowest BCUT2D eigenvalue weighted by molar-refractivity contribution is -0.0575. The van der Waals surface area contributed by atoms with Gasteiger partial charge in [-0.15, -0.1) is 3.97 Å². The van der Waals surface area contributed by atoms with Gasteiger partial charge in [0.1, 0.15) is 60.3 Å². The smallest absolute Gasteiger partial charge is 0.386 e. The standard InChI is InChI=1S/C20H28N10O22P4S/c21-15-9-17(25-3-23-15)29(5-27-9)19-11(31)12(7(47-19)1-46-56(40,41)52-57(42,43)44)51-55(38,39)45-2-8-13(49-53(32,33)34)14(50-54(35,36)37)20(48-8)30-6-28-10-16(22)24-4-26-18(10)30/h3-8,11-14,19-20,31H,1-2H2,(H,38,39)(H,40,41)(H2,21,23,25)(H2,22,24,26)(H2,32,33,34)(H2,35,36,37)(H,42,43,44)/t7-,8-,11-,12-,13-,14-,19-,20-/m1/s1. The molecule has 4 aromatic heterocycles. The molecule has 0 spiro atoms. The Bertz CT molecular complexity index is 2450. The molecule has 2 saturated heterocycles. The number of ether oxygens (including phenoxy) is 2. The average molecular weight is 916 g/mol. The number of nitrogens with zero attached hydrogens (tertiary/aromatic N) is 8. The maximum Gasteiger partial charge on any atom is 0.488 e. The molecular formula is C20H28N10O22P4S. The number of phosphoric ester groups is 4. The Balaban J connectivity index is 1.27. The van der Waals surface area contributed by atoms with E-state index < -0.39 is 104 Å². The number of aliphatic hydroxyl groups excluding tert-OH is 1. The van der Waals surface area contributed by atoms with Gasteiger partial charge in [0, 0.05) is 0 Å². The average Bonchev–Trinajstić information content (AvgIpc) is 3.83. The quantitative estimate of drug-likeness (QED) is 0.0406. The van der Waals surface area contributed by atoms with Crippen molar-refractivity contribution in [1.82, 2.24) is 39.0 Å². The third kappa shape index (κ3) is 10.2. The zero-order valence-electron chi connectivity index (χ0n) is 27.6. The molecule has 37 heteroatoms. The van der Waals surface area contributed by atoms with E-state index in [4.69, 9.17) is 43.6 Å². The number of nitrogen functional groups attached to an aromatic ring is 2. The Hall–Kier alpha value is -3.07. The van der Waals surface area contributed by atoms with Crippen LogP contribution < -0.4 is 11.5 Å². The summed E-state index contributed by atoms with van der Waals surface area (Å²) in [5, 5.41) is 11.3. The molecule has 0 amide bonds. The first-order valence-corrected chi connectivity index (χ1v) is 22.4. The van der Waals surface area contributed by atoms with Gasteiger partial charge >= 0.3 is 41.7 Å². The second-order valence-corrected chi connectivity index (χ2v) is 17.9. The fourth-order valence-electron chi connectivity index (χ4n) is 5.61. The van der Waals surface area contributed by atoms with E-state index in [0.717, 1.165) is 34.4 Å². The largest absolute Gasteiger partial charge is 0.488 e. The first-order chi connectivity index (χ1) is 26.3. The Morgan fingerprint density at radius 3 is 1.63 bits per heavy atom. The molecule has 0 radical (unpaired) electrons. The van der Waals surface area contributed by atoms with Crippen LogP contribution >= 0.6 is 31.3 Å². The van der Waals surface area contributed by atoms with Gasteiger partial charge in [0.2, 0.25) is 0 Å². The number of fused-ring (bicyclic) bond motifs is 2. The van der Waals surface area contributed by atoms with Crippen LogP contribution in [-0.2, 0) is 64.7 Å². The number of rotatable bonds is 16. The molecule has 32 nitrogen and oxygen atoms in total. The van der Waals surface area contributed by atoms with Crippen molar-refractivity contribution in [2.45, 2.75) is 49.1 Å². The summed E-state index contributed by atoms with van der Waals surface area (Å²) in [5.74, 6) is -0.291. The number of imidazole rings is 2. The summed E-state index contributed by atoms with van der Waals surface area (Å²) in [5.41, 5.74) is 11.3. The van der Waals surface area contributed by atoms with E-state index in [-0.39, 0.29) is 34.0 Å². The zero-order valence-corrected chi connectivity index (χ0v) is 32.0. The van der Waals surface area contributed by atoms with Crippen molar-refractivity contribution in [3.8, 4) is 0 Å². The van der Waals surface area contributed by atoms with Crippen molar-refractivity contribution in [3.05, 3.63) is 25.3 Å². The van der Waals surface area contributed by atoms with Gasteiger partial charge in [0.05, 0.1) is 25.9 Å². The molecule has 0 saturated carbocycles. The first kappa shape index (κ1) is 43.5. The highest BCUT2D eigenvalue weighted by Gasteiger charge is 2.54. The third-order valence-corrected chi connectivity index (χ3v) is 11.7. The zero-order chi connectivity index (χ0) is 41.9. The lowest BCUT2D eigenvalue weighted by Gasteiger charge is -2.26. The van der Waals surface area contributed by atoms with E-state index in [0.29, 0.717) is 0 Å². The Labute approximate surface area is 315 Å². The highest BCUT2D eigenvalue weighted by Crippen LogP contribution is 2.54. The molecule has 12 N–H and O–H groups in total. The Kier molecular flexibility index (Phi) is 12.1. The van der Waals surface area contributed by atoms with Crippen molar-refractivity contribution >= 4 is 75.7 Å². The summed E-state index contributed by atoms with van der Waals surface area (Å²) in [6.07, 6.45) is -12.1. The molecule has 2 aliphatic heterocycles. The number of phosphoric acid groups is 4. The molecule has 0 aromatic carbocycles. The predicted octanol–water partition coefficient (Wildman–Crippen LogP) is -2.62. The summed E-state index contributed by atoms with van der Waals surface area (Å²) in [6, 6.07) is 0. The van der Waals surface area contributed by atoms with E-state index in [2.05, 4.69) is 38.4 Å². The number of aliphatic hydroxyl groups is 1. The summed E-state index contributed by atoms with van der Waals surface area (Å²) >= 11 is 0. The SMILES string of the molecule is Nc1ncnc2c1ncn2[C@@H]1O[C@H](COP(=O)(O)OS(=O)(=O)O)[C@@H](OP(=O)(O)OC[C@H]2O[C@@H](n3cnc4c(N)ncnc43)[C@H](OP(=O)(O)O)[C@@H]2OP(=O)(O)O)[C@H]1O. The van der Waals surface area contributed by atoms with Gasteiger partial charge < -0.3 is 55.4 Å². The van der Waals surface area contributed by atoms with E-state index in [1.54, 1.807) is 0 Å². The third-order valence-electron chi connectivity index (χ3n) is 7.68. The molecule has 6 rings (SSSR count). The number of hydrogen-bond acceptors (Lipinski definition) is 23. The van der Waals surface area contributed by atoms with E-state index in [1.165, 1.54) is 0 Å². The Morgan fingerprint density at radius 2 is 1.12 bits per heavy atom. The second kappa shape index (κ2) is 15.8. The lowest BCUT2D eigenvalue weighted by atomic mass is 10.1. The summed E-state index contributed by atoms with van der Waals surface area (Å²) in [6.45, 7) is -2.55. The van der Waals surface area contributed by atoms with Crippen LogP contribution in [0.5, 0.6) is 0 Å². The van der Waals surface area contributed by atoms with Gasteiger partial charge in [-0.2, -0.15) is 8.42 Å². The van der Waals surface area contributed by atoms with Crippen molar-refractivity contribution in [2.75, 3.05) is 24.7 Å². The van der Waals surface area contributed by atoms with E-state index in [9.17, 15) is 61.1 Å². The van der Waals surface area contributed by atoms with Crippen molar-refractivity contribution in [2.24, 2.45) is 0 Å². The molecule has 2 unspecified atom stereocenters. The number of hydrogen-bond donors (Lipinski definition) is 10. The van der Waals surface area contributed by atoms with Gasteiger partial charge in [0.15, 0.2) is 35.4 Å². The highest BCUT2D eigenvalue weighted by atomic mass is 32.3. The fourth-order valence-corrected chi connectivity index (χ4v) is 9.15. The van der Waals surface area contributed by atoms with Crippen LogP contribution in [0.2, 0.25) is 0 Å². The van der Waals surface area contributed by atoms with Crippen molar-refractivity contribution in [3.63, 3.8) is 0 Å².